The van der Waals surface area contributed by atoms with Crippen molar-refractivity contribution in [2.75, 3.05) is 9.71 Å². The van der Waals surface area contributed by atoms with Crippen molar-refractivity contribution in [3.8, 4) is 44.5 Å². The molecule has 0 aromatic heterocycles. The molecule has 0 fully saturated rings. The fourth-order valence-electron chi connectivity index (χ4n) is 13.6. The second-order valence-corrected chi connectivity index (χ2v) is 22.8. The van der Waals surface area contributed by atoms with Crippen LogP contribution >= 0.6 is 0 Å². The summed E-state index contributed by atoms with van der Waals surface area (Å²) in [5.41, 5.74) is 29.5. The Hall–Kier alpha value is -7.36. The summed E-state index contributed by atoms with van der Waals surface area (Å²) >= 11 is 0. The van der Waals surface area contributed by atoms with Gasteiger partial charge in [-0.1, -0.05) is 213 Å². The van der Waals surface area contributed by atoms with Gasteiger partial charge in [0.25, 0.3) is 0 Å². The molecule has 0 N–H and O–H groups in total. The number of rotatable bonds is 2. The lowest BCUT2D eigenvalue weighted by Crippen LogP contribution is -2.63. The molecule has 2 nitrogen and oxygen atoms in total. The van der Waals surface area contributed by atoms with E-state index in [1.165, 1.54) is 128 Å². The third-order valence-electron chi connectivity index (χ3n) is 16.8. The average molecular weight is 887 g/mol. The lowest BCUT2D eigenvalue weighted by molar-refractivity contribution is 0.590. The van der Waals surface area contributed by atoms with Crippen LogP contribution in [-0.4, -0.2) is 6.85 Å². The van der Waals surface area contributed by atoms with Crippen molar-refractivity contribution in [1.82, 2.24) is 0 Å². The van der Waals surface area contributed by atoms with E-state index in [1.807, 2.05) is 0 Å². The van der Waals surface area contributed by atoms with E-state index < -0.39 is 5.41 Å². The normalized spacial score (nSPS) is 15.7. The van der Waals surface area contributed by atoms with Crippen molar-refractivity contribution < 1.29 is 0 Å². The van der Waals surface area contributed by atoms with Crippen molar-refractivity contribution in [3.63, 3.8) is 0 Å². The summed E-state index contributed by atoms with van der Waals surface area (Å²) in [6.45, 7) is 18.9. The van der Waals surface area contributed by atoms with Crippen LogP contribution in [0.2, 0.25) is 0 Å². The smallest absolute Gasteiger partial charge is 0.333 e. The molecule has 3 heteroatoms. The molecular formula is C66H55BN2. The maximum Gasteiger partial charge on any atom is 0.333 e. The van der Waals surface area contributed by atoms with Crippen LogP contribution in [0.5, 0.6) is 0 Å². The predicted molar refractivity (Wildman–Crippen MR) is 291 cm³/mol. The molecule has 0 amide bonds. The first-order chi connectivity index (χ1) is 33.3. The number of para-hydroxylation sites is 2. The molecule has 0 atom stereocenters. The summed E-state index contributed by atoms with van der Waals surface area (Å²) in [6.07, 6.45) is 0. The van der Waals surface area contributed by atoms with Gasteiger partial charge in [0.05, 0.1) is 11.1 Å². The number of fused-ring (bicyclic) bond motifs is 17. The summed E-state index contributed by atoms with van der Waals surface area (Å²) < 4.78 is 0. The van der Waals surface area contributed by atoms with Gasteiger partial charge in [-0.3, -0.25) is 0 Å². The molecule has 0 saturated carbocycles. The standard InChI is InChI=1S/C66H55BN2/c1-63(2,3)41-33-35-55(47(37-41)40-21-10-9-11-22-40)68-57-36-34-53-59(46-25-14-15-27-49(46)65(53,7)8)61(57)67-60-48(38-42(39-58(60)68)64(4,5)6)45-26-20-31-54-62(45)69(67)56-32-19-18-30-52(56)66(54)50-28-16-12-23-43(50)44-24-13-17-29-51(44)66/h9-39H,1-8H3. The third kappa shape index (κ3) is 5.18. The fraction of sp³-hybridized carbons (Fsp3) is 0.182. The van der Waals surface area contributed by atoms with Gasteiger partial charge in [-0.15, -0.1) is 0 Å². The summed E-state index contributed by atoms with van der Waals surface area (Å²) in [5.74, 6) is 0. The third-order valence-corrected chi connectivity index (χ3v) is 16.8. The van der Waals surface area contributed by atoms with E-state index >= 15 is 0 Å². The summed E-state index contributed by atoms with van der Waals surface area (Å²) in [4.78, 5) is 5.49. The monoisotopic (exact) mass is 886 g/mol. The minimum atomic E-state index is -0.510. The topological polar surface area (TPSA) is 6.48 Å². The van der Waals surface area contributed by atoms with Crippen LogP contribution in [0.4, 0.5) is 28.4 Å². The molecule has 14 rings (SSSR count). The molecule has 332 valence electrons. The lowest BCUT2D eigenvalue weighted by atomic mass is 9.41. The Labute approximate surface area is 408 Å². The number of benzene rings is 9. The van der Waals surface area contributed by atoms with Gasteiger partial charge in [-0.05, 0) is 130 Å². The molecule has 0 unspecified atom stereocenters. The molecule has 3 aliphatic heterocycles. The molecule has 9 aromatic carbocycles. The lowest BCUT2D eigenvalue weighted by Gasteiger charge is -2.53. The highest BCUT2D eigenvalue weighted by Gasteiger charge is 2.57. The minimum absolute atomic E-state index is 0.0326. The zero-order valence-electron chi connectivity index (χ0n) is 40.9. The van der Waals surface area contributed by atoms with Gasteiger partial charge in [-0.25, -0.2) is 0 Å². The molecule has 9 aromatic rings. The second kappa shape index (κ2) is 13.7. The van der Waals surface area contributed by atoms with Crippen molar-refractivity contribution >= 4 is 46.2 Å². The highest BCUT2D eigenvalue weighted by Crippen LogP contribution is 2.65. The maximum absolute atomic E-state index is 2.81. The van der Waals surface area contributed by atoms with Gasteiger partial charge in [0.15, 0.2) is 0 Å². The van der Waals surface area contributed by atoms with E-state index in [1.54, 1.807) is 0 Å². The van der Waals surface area contributed by atoms with Crippen molar-refractivity contribution in [2.45, 2.75) is 77.0 Å². The summed E-state index contributed by atoms with van der Waals surface area (Å²) in [5, 5.41) is 0. The number of hydrogen-bond acceptors (Lipinski definition) is 2. The molecule has 5 aliphatic rings. The van der Waals surface area contributed by atoms with Crippen LogP contribution in [0.15, 0.2) is 188 Å². The number of nitrogens with zero attached hydrogens (tertiary/aromatic N) is 2. The zero-order valence-corrected chi connectivity index (χ0v) is 40.9. The molecule has 0 bridgehead atoms. The van der Waals surface area contributed by atoms with Gasteiger partial charge in [0, 0.05) is 39.3 Å². The minimum Gasteiger partial charge on any atom is -0.376 e. The first-order valence-corrected chi connectivity index (χ1v) is 25.0. The summed E-state index contributed by atoms with van der Waals surface area (Å²) in [6, 6.07) is 72.8. The quantitative estimate of drug-likeness (QED) is 0.160. The van der Waals surface area contributed by atoms with Crippen LogP contribution in [0.25, 0.3) is 44.5 Å². The van der Waals surface area contributed by atoms with Crippen molar-refractivity contribution in [1.29, 1.82) is 0 Å². The molecular weight excluding hydrogens is 832 g/mol. The number of hydrogen-bond donors (Lipinski definition) is 0. The Kier molecular flexibility index (Phi) is 8.06. The first-order valence-electron chi connectivity index (χ1n) is 25.0. The molecule has 3 heterocycles. The molecule has 0 saturated heterocycles. The Bertz CT molecular complexity index is 3650. The Morgan fingerprint density at radius 2 is 0.942 bits per heavy atom. The molecule has 0 radical (unpaired) electrons. The first kappa shape index (κ1) is 40.7. The van der Waals surface area contributed by atoms with Gasteiger partial charge in [0.1, 0.15) is 0 Å². The highest BCUT2D eigenvalue weighted by molar-refractivity contribution is 6.94. The van der Waals surface area contributed by atoms with E-state index in [0.29, 0.717) is 0 Å². The SMILES string of the molecule is CC(C)(C)c1ccc(N2c3cc(C(C)(C)C)cc4c3B(c3c2ccc2c3-c3ccccc3C2(C)C)N2c3ccccc3C3(c5ccccc5-c5ccccc53)c3cccc-4c32)c(-c2ccccc2)c1. The number of anilines is 5. The van der Waals surface area contributed by atoms with Crippen LogP contribution in [0.3, 0.4) is 0 Å². The van der Waals surface area contributed by atoms with Crippen LogP contribution in [-0.2, 0) is 21.7 Å². The van der Waals surface area contributed by atoms with E-state index in [-0.39, 0.29) is 23.1 Å². The van der Waals surface area contributed by atoms with Crippen LogP contribution < -0.4 is 20.6 Å². The zero-order chi connectivity index (χ0) is 46.9. The maximum atomic E-state index is 2.81. The fourth-order valence-corrected chi connectivity index (χ4v) is 13.6. The summed E-state index contributed by atoms with van der Waals surface area (Å²) in [7, 11) is 0. The van der Waals surface area contributed by atoms with Crippen LogP contribution in [0, 0.1) is 0 Å². The largest absolute Gasteiger partial charge is 0.376 e. The van der Waals surface area contributed by atoms with Gasteiger partial charge < -0.3 is 9.71 Å². The van der Waals surface area contributed by atoms with Crippen molar-refractivity contribution in [3.05, 3.63) is 233 Å². The van der Waals surface area contributed by atoms with E-state index in [2.05, 4.69) is 253 Å². The van der Waals surface area contributed by atoms with E-state index in [0.717, 1.165) is 0 Å². The molecule has 2 aliphatic carbocycles. The van der Waals surface area contributed by atoms with Gasteiger partial charge in [-0.2, -0.15) is 0 Å². The van der Waals surface area contributed by atoms with Crippen LogP contribution in [0.1, 0.15) is 99.9 Å². The van der Waals surface area contributed by atoms with Gasteiger partial charge in [0.2, 0.25) is 0 Å². The molecule has 1 spiro atoms. The van der Waals surface area contributed by atoms with Gasteiger partial charge >= 0.3 is 6.85 Å². The Morgan fingerprint density at radius 1 is 0.377 bits per heavy atom. The predicted octanol–water partition coefficient (Wildman–Crippen LogP) is 15.6. The Morgan fingerprint density at radius 3 is 1.64 bits per heavy atom. The van der Waals surface area contributed by atoms with E-state index in [4.69, 9.17) is 0 Å². The average Bonchev–Trinajstić information content (AvgIpc) is 3.78. The van der Waals surface area contributed by atoms with Crippen molar-refractivity contribution in [2.24, 2.45) is 0 Å². The molecule has 69 heavy (non-hydrogen) atoms. The Balaban J connectivity index is 1.18. The van der Waals surface area contributed by atoms with E-state index in [9.17, 15) is 0 Å². The highest BCUT2D eigenvalue weighted by atomic mass is 15.2. The second-order valence-electron chi connectivity index (χ2n) is 22.8.